The summed E-state index contributed by atoms with van der Waals surface area (Å²) in [7, 11) is 0. The Balaban J connectivity index is 1.93. The molecule has 0 spiro atoms. The number of hydrogen-bond acceptors (Lipinski definition) is 1. The smallest absolute Gasteiger partial charge is 0.00720 e. The van der Waals surface area contributed by atoms with Crippen LogP contribution < -0.4 is 5.73 Å². The summed E-state index contributed by atoms with van der Waals surface area (Å²) >= 11 is 0. The van der Waals surface area contributed by atoms with E-state index in [0.29, 0.717) is 5.41 Å². The summed E-state index contributed by atoms with van der Waals surface area (Å²) < 4.78 is 0. The first-order valence-electron chi connectivity index (χ1n) is 8.06. The summed E-state index contributed by atoms with van der Waals surface area (Å²) in [5.74, 6) is 0. The van der Waals surface area contributed by atoms with E-state index >= 15 is 0 Å². The molecule has 1 aromatic carbocycles. The van der Waals surface area contributed by atoms with Crippen LogP contribution in [0.5, 0.6) is 0 Å². The van der Waals surface area contributed by atoms with Crippen LogP contribution in [0.15, 0.2) is 24.3 Å². The minimum atomic E-state index is 0.552. The maximum absolute atomic E-state index is 5.85. The van der Waals surface area contributed by atoms with Crippen molar-refractivity contribution in [3.05, 3.63) is 35.4 Å². The van der Waals surface area contributed by atoms with Crippen molar-refractivity contribution < 1.29 is 0 Å². The maximum Gasteiger partial charge on any atom is -0.00720 e. The molecule has 0 amide bonds. The molecule has 0 saturated heterocycles. The first kappa shape index (κ1) is 14.6. The molecule has 0 bridgehead atoms. The predicted molar refractivity (Wildman–Crippen MR) is 83.3 cm³/mol. The van der Waals surface area contributed by atoms with Crippen LogP contribution in [0, 0.1) is 5.41 Å². The summed E-state index contributed by atoms with van der Waals surface area (Å²) in [5.41, 5.74) is 9.35. The second-order valence-corrected chi connectivity index (χ2v) is 6.27. The van der Waals surface area contributed by atoms with Crippen molar-refractivity contribution in [2.75, 3.05) is 6.54 Å². The van der Waals surface area contributed by atoms with Gasteiger partial charge in [-0.05, 0) is 61.6 Å². The van der Waals surface area contributed by atoms with E-state index in [0.717, 1.165) is 13.0 Å². The first-order chi connectivity index (χ1) is 9.28. The average molecular weight is 259 g/mol. The highest BCUT2D eigenvalue weighted by atomic mass is 14.5. The Hall–Kier alpha value is -0.820. The van der Waals surface area contributed by atoms with E-state index in [4.69, 9.17) is 5.73 Å². The van der Waals surface area contributed by atoms with Crippen LogP contribution in [0.2, 0.25) is 0 Å². The van der Waals surface area contributed by atoms with Gasteiger partial charge in [0.05, 0.1) is 0 Å². The Morgan fingerprint density at radius 1 is 0.947 bits per heavy atom. The van der Waals surface area contributed by atoms with Gasteiger partial charge in [-0.2, -0.15) is 0 Å². The molecular weight excluding hydrogens is 230 g/mol. The van der Waals surface area contributed by atoms with Crippen molar-refractivity contribution in [1.82, 2.24) is 0 Å². The Labute approximate surface area is 118 Å². The minimum Gasteiger partial charge on any atom is -0.330 e. The van der Waals surface area contributed by atoms with E-state index in [1.54, 1.807) is 0 Å². The van der Waals surface area contributed by atoms with E-state index in [9.17, 15) is 0 Å². The fourth-order valence-electron chi connectivity index (χ4n) is 3.58. The van der Waals surface area contributed by atoms with Gasteiger partial charge in [-0.25, -0.2) is 0 Å². The summed E-state index contributed by atoms with van der Waals surface area (Å²) in [4.78, 5) is 0. The minimum absolute atomic E-state index is 0.552. The highest BCUT2D eigenvalue weighted by molar-refractivity contribution is 5.22. The van der Waals surface area contributed by atoms with Gasteiger partial charge < -0.3 is 5.73 Å². The lowest BCUT2D eigenvalue weighted by atomic mass is 9.68. The number of benzene rings is 1. The molecule has 0 radical (unpaired) electrons. The summed E-state index contributed by atoms with van der Waals surface area (Å²) in [6.07, 6.45) is 12.0. The summed E-state index contributed by atoms with van der Waals surface area (Å²) in [6.45, 7) is 3.07. The van der Waals surface area contributed by atoms with E-state index in [1.165, 1.54) is 62.5 Å². The van der Waals surface area contributed by atoms with Gasteiger partial charge in [-0.3, -0.25) is 0 Å². The molecule has 19 heavy (non-hydrogen) atoms. The van der Waals surface area contributed by atoms with Gasteiger partial charge in [-0.1, -0.05) is 50.5 Å². The average Bonchev–Trinajstić information content (AvgIpc) is 2.47. The zero-order chi connectivity index (χ0) is 13.6. The highest BCUT2D eigenvalue weighted by Crippen LogP contribution is 2.42. The molecule has 0 atom stereocenters. The standard InChI is InChI=1S/C18H29N/c1-2-16-6-8-17(9-7-16)10-13-18(14-15-19)11-4-3-5-12-18/h6-9H,2-5,10-15,19H2,1H3. The van der Waals surface area contributed by atoms with Gasteiger partial charge in [0.1, 0.15) is 0 Å². The molecule has 2 N–H and O–H groups in total. The van der Waals surface area contributed by atoms with E-state index in [2.05, 4.69) is 31.2 Å². The van der Waals surface area contributed by atoms with Gasteiger partial charge in [-0.15, -0.1) is 0 Å². The third-order valence-electron chi connectivity index (χ3n) is 4.96. The van der Waals surface area contributed by atoms with Crippen LogP contribution >= 0.6 is 0 Å². The van der Waals surface area contributed by atoms with Crippen LogP contribution in [0.1, 0.15) is 63.0 Å². The molecule has 0 aliphatic heterocycles. The normalized spacial score (nSPS) is 18.4. The third-order valence-corrected chi connectivity index (χ3v) is 4.96. The first-order valence-corrected chi connectivity index (χ1v) is 8.06. The number of rotatable bonds is 6. The molecule has 0 heterocycles. The fourth-order valence-corrected chi connectivity index (χ4v) is 3.58. The number of hydrogen-bond donors (Lipinski definition) is 1. The Morgan fingerprint density at radius 2 is 1.58 bits per heavy atom. The molecule has 1 aromatic rings. The van der Waals surface area contributed by atoms with Crippen LogP contribution in [-0.4, -0.2) is 6.54 Å². The van der Waals surface area contributed by atoms with E-state index < -0.39 is 0 Å². The maximum atomic E-state index is 5.85. The molecule has 0 aromatic heterocycles. The molecule has 2 rings (SSSR count). The van der Waals surface area contributed by atoms with Crippen molar-refractivity contribution in [3.63, 3.8) is 0 Å². The molecule has 1 heteroatoms. The van der Waals surface area contributed by atoms with Crippen molar-refractivity contribution in [2.24, 2.45) is 11.1 Å². The van der Waals surface area contributed by atoms with Gasteiger partial charge in [0.2, 0.25) is 0 Å². The molecule has 106 valence electrons. The topological polar surface area (TPSA) is 26.0 Å². The zero-order valence-electron chi connectivity index (χ0n) is 12.5. The van der Waals surface area contributed by atoms with Gasteiger partial charge in [0.25, 0.3) is 0 Å². The largest absolute Gasteiger partial charge is 0.330 e. The fraction of sp³-hybridized carbons (Fsp3) is 0.667. The lowest BCUT2D eigenvalue weighted by molar-refractivity contribution is 0.161. The van der Waals surface area contributed by atoms with Gasteiger partial charge in [0.15, 0.2) is 0 Å². The molecule has 1 saturated carbocycles. The summed E-state index contributed by atoms with van der Waals surface area (Å²) in [5, 5.41) is 0. The van der Waals surface area contributed by atoms with Gasteiger partial charge in [0, 0.05) is 0 Å². The number of aryl methyl sites for hydroxylation is 2. The lowest BCUT2D eigenvalue weighted by Crippen LogP contribution is -2.27. The van der Waals surface area contributed by atoms with E-state index in [1.807, 2.05) is 0 Å². The van der Waals surface area contributed by atoms with Crippen molar-refractivity contribution >= 4 is 0 Å². The summed E-state index contributed by atoms with van der Waals surface area (Å²) in [6, 6.07) is 9.20. The van der Waals surface area contributed by atoms with Crippen LogP contribution in [-0.2, 0) is 12.8 Å². The number of nitrogens with two attached hydrogens (primary N) is 1. The molecule has 1 aliphatic carbocycles. The van der Waals surface area contributed by atoms with Crippen LogP contribution in [0.25, 0.3) is 0 Å². The van der Waals surface area contributed by atoms with Crippen molar-refractivity contribution in [2.45, 2.75) is 64.7 Å². The monoisotopic (exact) mass is 259 g/mol. The van der Waals surface area contributed by atoms with Crippen LogP contribution in [0.4, 0.5) is 0 Å². The predicted octanol–water partition coefficient (Wildman–Crippen LogP) is 4.48. The molecular formula is C18H29N. The second-order valence-electron chi connectivity index (χ2n) is 6.27. The SMILES string of the molecule is CCc1ccc(CCC2(CCN)CCCCC2)cc1. The van der Waals surface area contributed by atoms with Crippen molar-refractivity contribution in [3.8, 4) is 0 Å². The Bertz CT molecular complexity index is 354. The third kappa shape index (κ3) is 4.07. The zero-order valence-corrected chi connectivity index (χ0v) is 12.5. The van der Waals surface area contributed by atoms with E-state index in [-0.39, 0.29) is 0 Å². The van der Waals surface area contributed by atoms with Gasteiger partial charge >= 0.3 is 0 Å². The second kappa shape index (κ2) is 7.09. The molecule has 1 fully saturated rings. The lowest BCUT2D eigenvalue weighted by Gasteiger charge is -2.37. The molecule has 1 aliphatic rings. The highest BCUT2D eigenvalue weighted by Gasteiger charge is 2.30. The Morgan fingerprint density at radius 3 is 2.16 bits per heavy atom. The quantitative estimate of drug-likeness (QED) is 0.801. The van der Waals surface area contributed by atoms with Crippen molar-refractivity contribution in [1.29, 1.82) is 0 Å². The molecule has 1 nitrogen and oxygen atoms in total. The Kier molecular flexibility index (Phi) is 5.45. The van der Waals surface area contributed by atoms with Crippen LogP contribution in [0.3, 0.4) is 0 Å². The molecule has 0 unspecified atom stereocenters.